The van der Waals surface area contributed by atoms with Gasteiger partial charge < -0.3 is 0 Å². The molecule has 7 heavy (non-hydrogen) atoms. The Labute approximate surface area is 69.7 Å². The third-order valence-electron chi connectivity index (χ3n) is 0.211. The molecule has 0 heterocycles. The Bertz CT molecular complexity index is 115. The Morgan fingerprint density at radius 3 is 1.71 bits per heavy atom. The van der Waals surface area contributed by atoms with Crippen LogP contribution < -0.4 is 0 Å². The minimum atomic E-state index is -3.47. The van der Waals surface area contributed by atoms with Gasteiger partial charge in [0.25, 0.3) is 0 Å². The second kappa shape index (κ2) is 4.17. The number of rotatable bonds is 1. The van der Waals surface area contributed by atoms with E-state index in [2.05, 4.69) is 15.8 Å². The van der Waals surface area contributed by atoms with E-state index < -0.39 is 9.15 Å². The monoisotopic (exact) mass is 152 g/mol. The van der Waals surface area contributed by atoms with Crippen LogP contribution in [-0.2, 0) is 13.3 Å². The molecule has 0 aromatic carbocycles. The normalized spacial score (nSPS) is 10.0. The molecule has 0 aliphatic carbocycles. The molecular weight excluding hydrogens is 147 g/mol. The van der Waals surface area contributed by atoms with Crippen molar-refractivity contribution in [3.63, 3.8) is 0 Å². The van der Waals surface area contributed by atoms with E-state index in [4.69, 9.17) is 0 Å². The summed E-state index contributed by atoms with van der Waals surface area (Å²) < 4.78 is 23.1. The van der Waals surface area contributed by atoms with Gasteiger partial charge in [-0.2, -0.15) is 8.42 Å². The maximum absolute atomic E-state index is 9.64. The summed E-state index contributed by atoms with van der Waals surface area (Å²) in [4.78, 5) is 0. The van der Waals surface area contributed by atoms with Crippen LogP contribution in [0.15, 0.2) is 0 Å². The number of hydrogen-bond acceptors (Lipinski definition) is 3. The van der Waals surface area contributed by atoms with Crippen molar-refractivity contribution >= 4 is 50.4 Å². The fraction of sp³-hybridized carbons (Fsp3) is 1.00. The molecule has 0 amide bonds. The van der Waals surface area contributed by atoms with Gasteiger partial charge in [0.2, 0.25) is 0 Å². The molecule has 40 valence electrons. The first-order valence-corrected chi connectivity index (χ1v) is 3.55. The molecule has 0 aromatic rings. The van der Waals surface area contributed by atoms with E-state index in [-0.39, 0.29) is 29.6 Å². The van der Waals surface area contributed by atoms with E-state index in [0.29, 0.717) is 0 Å². The fourth-order valence-electron chi connectivity index (χ4n) is 0. The second-order valence-corrected chi connectivity index (χ2v) is 3.12. The summed E-state index contributed by atoms with van der Waals surface area (Å²) in [6.45, 7) is 0. The van der Waals surface area contributed by atoms with Crippen LogP contribution in [-0.4, -0.2) is 45.1 Å². The van der Waals surface area contributed by atoms with Gasteiger partial charge in [0.1, 0.15) is 0 Å². The predicted molar refractivity (Wildman–Crippen MR) is 32.1 cm³/mol. The van der Waals surface area contributed by atoms with Gasteiger partial charge in [0.05, 0.1) is 7.11 Å². The molecule has 0 saturated carbocycles. The molecule has 6 heteroatoms. The van der Waals surface area contributed by atoms with Gasteiger partial charge in [-0.15, -0.1) is 0 Å². The first-order chi connectivity index (χ1) is 2.56. The van der Waals surface area contributed by atoms with E-state index in [9.17, 15) is 8.42 Å². The molecule has 0 rings (SSSR count). The molecule has 0 bridgehead atoms. The molecule has 0 aromatic heterocycles. The van der Waals surface area contributed by atoms with Crippen LogP contribution in [0.5, 0.6) is 0 Å². The maximum atomic E-state index is 9.64. The molecule has 0 aliphatic heterocycles. The average Bonchev–Trinajstić information content (AvgIpc) is 1.35. The van der Waals surface area contributed by atoms with Crippen LogP contribution in [0.1, 0.15) is 0 Å². The van der Waals surface area contributed by atoms with Crippen LogP contribution in [0.4, 0.5) is 0 Å². The molecule has 0 unspecified atom stereocenters. The van der Waals surface area contributed by atoms with Crippen molar-refractivity contribution in [2.45, 2.75) is 0 Å². The van der Waals surface area contributed by atoms with Crippen LogP contribution in [0, 0.1) is 0 Å². The van der Waals surface area contributed by atoms with Crippen LogP contribution in [0.25, 0.3) is 0 Å². The van der Waals surface area contributed by atoms with E-state index >= 15 is 0 Å². The molecular formula is CH5NaO3S2. The van der Waals surface area contributed by atoms with Gasteiger partial charge in [0, 0.05) is 0 Å². The Morgan fingerprint density at radius 2 is 1.71 bits per heavy atom. The van der Waals surface area contributed by atoms with Crippen molar-refractivity contribution in [2.24, 2.45) is 0 Å². The molecule has 0 spiro atoms. The third kappa shape index (κ3) is 11.1. The van der Waals surface area contributed by atoms with Gasteiger partial charge in [-0.05, 0) is 11.7 Å². The molecule has 0 N–H and O–H groups in total. The van der Waals surface area contributed by atoms with Crippen molar-refractivity contribution in [3.8, 4) is 0 Å². The summed E-state index contributed by atoms with van der Waals surface area (Å²) in [6, 6.07) is 0. The quantitative estimate of drug-likeness (QED) is 0.302. The summed E-state index contributed by atoms with van der Waals surface area (Å²) in [5.41, 5.74) is 0. The molecule has 0 aliphatic rings. The van der Waals surface area contributed by atoms with Crippen molar-refractivity contribution < 1.29 is 12.6 Å². The second-order valence-electron chi connectivity index (χ2n) is 0.594. The van der Waals surface area contributed by atoms with E-state index in [1.807, 2.05) is 0 Å². The summed E-state index contributed by atoms with van der Waals surface area (Å²) in [5.74, 6) is 0. The Kier molecular flexibility index (Phi) is 6.62. The van der Waals surface area contributed by atoms with Gasteiger partial charge in [0.15, 0.2) is 0 Å². The fourth-order valence-corrected chi connectivity index (χ4v) is 0. The average molecular weight is 152 g/mol. The Balaban J connectivity index is 0. The predicted octanol–water partition coefficient (Wildman–Crippen LogP) is -0.841. The summed E-state index contributed by atoms with van der Waals surface area (Å²) in [5, 5.41) is 0. The summed E-state index contributed by atoms with van der Waals surface area (Å²) in [6.07, 6.45) is 0. The number of thiol groups is 1. The van der Waals surface area contributed by atoms with Crippen LogP contribution in [0.3, 0.4) is 0 Å². The first-order valence-electron chi connectivity index (χ1n) is 1.09. The van der Waals surface area contributed by atoms with Crippen LogP contribution >= 0.6 is 11.7 Å². The molecule has 3 nitrogen and oxygen atoms in total. The molecule has 0 radical (unpaired) electrons. The Morgan fingerprint density at radius 1 is 1.57 bits per heavy atom. The van der Waals surface area contributed by atoms with Crippen molar-refractivity contribution in [1.29, 1.82) is 0 Å². The zero-order chi connectivity index (χ0) is 5.21. The molecule has 0 atom stereocenters. The first kappa shape index (κ1) is 11.1. The summed E-state index contributed by atoms with van der Waals surface area (Å²) in [7, 11) is -2.42. The van der Waals surface area contributed by atoms with Gasteiger partial charge >= 0.3 is 38.7 Å². The minimum absolute atomic E-state index is 0. The van der Waals surface area contributed by atoms with Crippen molar-refractivity contribution in [1.82, 2.24) is 0 Å². The standard InChI is InChI=1S/CH4O3S2.Na.H/c1-4-6(2,3)5;;/h1H3,(H,2,3,5);;. The topological polar surface area (TPSA) is 43.4 Å². The molecule has 0 fully saturated rings. The zero-order valence-corrected chi connectivity index (χ0v) is 4.79. The van der Waals surface area contributed by atoms with Gasteiger partial charge in [-0.1, -0.05) is 0 Å². The van der Waals surface area contributed by atoms with E-state index in [1.54, 1.807) is 0 Å². The Hall–Kier alpha value is 1.26. The van der Waals surface area contributed by atoms with E-state index in [1.165, 1.54) is 0 Å². The third-order valence-corrected chi connectivity index (χ3v) is 1.08. The van der Waals surface area contributed by atoms with Crippen LogP contribution in [0.2, 0.25) is 0 Å². The zero-order valence-electron chi connectivity index (χ0n) is 3.08. The SMILES string of the molecule is COS(=O)(=O)S.[NaH]. The van der Waals surface area contributed by atoms with E-state index in [0.717, 1.165) is 7.11 Å². The van der Waals surface area contributed by atoms with Gasteiger partial charge in [-0.25, -0.2) is 0 Å². The van der Waals surface area contributed by atoms with Crippen molar-refractivity contribution in [2.75, 3.05) is 7.11 Å². The number of hydrogen-bond donors (Lipinski definition) is 1. The van der Waals surface area contributed by atoms with Gasteiger partial charge in [-0.3, -0.25) is 4.18 Å². The molecule has 0 saturated heterocycles. The van der Waals surface area contributed by atoms with Crippen molar-refractivity contribution in [3.05, 3.63) is 0 Å². The summed E-state index contributed by atoms with van der Waals surface area (Å²) >= 11 is 3.00.